The highest BCUT2D eigenvalue weighted by molar-refractivity contribution is 14.1. The first-order valence-corrected chi connectivity index (χ1v) is 17.6. The van der Waals surface area contributed by atoms with Gasteiger partial charge in [0, 0.05) is 34.9 Å². The van der Waals surface area contributed by atoms with Crippen LogP contribution in [0.2, 0.25) is 15.7 Å². The van der Waals surface area contributed by atoms with Crippen molar-refractivity contribution < 1.29 is 0 Å². The predicted octanol–water partition coefficient (Wildman–Crippen LogP) is 9.28. The molecule has 10 nitrogen and oxygen atoms in total. The van der Waals surface area contributed by atoms with Gasteiger partial charge in [0.25, 0.3) is 5.56 Å². The maximum Gasteiger partial charge on any atom is 0.326 e. The van der Waals surface area contributed by atoms with Gasteiger partial charge in [-0.3, -0.25) is 9.78 Å². The van der Waals surface area contributed by atoms with Crippen molar-refractivity contribution in [3.05, 3.63) is 97.1 Å². The van der Waals surface area contributed by atoms with Crippen LogP contribution in [0.3, 0.4) is 0 Å². The summed E-state index contributed by atoms with van der Waals surface area (Å²) < 4.78 is 5.51. The minimum atomic E-state index is -0.484. The summed E-state index contributed by atoms with van der Waals surface area (Å²) in [6, 6.07) is 11.2. The van der Waals surface area contributed by atoms with Crippen LogP contribution in [0, 0.1) is 10.7 Å². The number of anilines is 1. The van der Waals surface area contributed by atoms with Crippen molar-refractivity contribution in [2.24, 2.45) is 0 Å². The lowest BCUT2D eigenvalue weighted by atomic mass is 10.2. The second-order valence-electron chi connectivity index (χ2n) is 7.95. The van der Waals surface area contributed by atoms with Crippen molar-refractivity contribution in [1.29, 1.82) is 0 Å². The standard InChI is InChI=1S/C8H2BrCl2IN2.C8H4BrClIN3.C8H4BrIN2O2.H3N/c9-3-1-4-6(5(12)2-3)13-8(11)14-7(4)10;9-3-1-4-6(5(11)2-3)13-8(10)14-7(4)12;9-3-1-4-6(5(10)2-3)11-8(14)12-7(4)13;/h1-2H;1-2H,(H2,12,13,14);1-2H,(H2,11,12,13,14);1H3. The van der Waals surface area contributed by atoms with Crippen LogP contribution in [-0.2, 0) is 0 Å². The fraction of sp³-hybridized carbons (Fsp3) is 0. The molecule has 0 bridgehead atoms. The van der Waals surface area contributed by atoms with E-state index in [0.717, 1.165) is 45.9 Å². The molecule has 6 rings (SSSR count). The van der Waals surface area contributed by atoms with Crippen molar-refractivity contribution in [1.82, 2.24) is 36.1 Å². The third-order valence-corrected chi connectivity index (χ3v) is 9.63. The second-order valence-corrected chi connectivity index (χ2v) is 15.2. The minimum absolute atomic E-state index is 0. The number of benzene rings is 3. The highest BCUT2D eigenvalue weighted by Crippen LogP contribution is 2.30. The number of hydrogen-bond acceptors (Lipinski definition) is 8. The summed E-state index contributed by atoms with van der Waals surface area (Å²) in [5.74, 6) is 0.402. The van der Waals surface area contributed by atoms with Crippen molar-refractivity contribution >= 4 is 189 Å². The summed E-state index contributed by atoms with van der Waals surface area (Å²) in [5.41, 5.74) is 7.01. The number of halogens is 9. The van der Waals surface area contributed by atoms with E-state index in [1.807, 2.05) is 30.3 Å². The second kappa shape index (κ2) is 15.9. The maximum absolute atomic E-state index is 11.4. The number of nitrogens with zero attached hydrogens (tertiary/aromatic N) is 4. The fourth-order valence-corrected chi connectivity index (χ4v) is 8.97. The van der Waals surface area contributed by atoms with Crippen molar-refractivity contribution in [3.8, 4) is 0 Å². The van der Waals surface area contributed by atoms with Gasteiger partial charge in [0.2, 0.25) is 10.6 Å². The van der Waals surface area contributed by atoms with E-state index >= 15 is 0 Å². The van der Waals surface area contributed by atoms with Gasteiger partial charge in [0.05, 0.1) is 21.9 Å². The van der Waals surface area contributed by atoms with Crippen LogP contribution >= 0.6 is 150 Å². The van der Waals surface area contributed by atoms with E-state index < -0.39 is 5.69 Å². The van der Waals surface area contributed by atoms with Crippen LogP contribution in [0.25, 0.3) is 32.7 Å². The number of aromatic nitrogens is 6. The lowest BCUT2D eigenvalue weighted by molar-refractivity contribution is 1.08. The van der Waals surface area contributed by atoms with E-state index in [2.05, 4.69) is 145 Å². The Hall–Kier alpha value is -0.460. The number of nitrogens with two attached hydrogens (primary N) is 1. The highest BCUT2D eigenvalue weighted by atomic mass is 127. The normalized spacial score (nSPS) is 10.5. The van der Waals surface area contributed by atoms with Gasteiger partial charge >= 0.3 is 5.69 Å². The van der Waals surface area contributed by atoms with Gasteiger partial charge in [-0.2, -0.15) is 0 Å². The lowest BCUT2D eigenvalue weighted by Gasteiger charge is -2.04. The molecule has 19 heteroatoms. The number of aromatic amines is 2. The molecule has 0 fully saturated rings. The molecule has 3 aromatic heterocycles. The van der Waals surface area contributed by atoms with Crippen molar-refractivity contribution in [3.63, 3.8) is 0 Å². The Morgan fingerprint density at radius 1 is 0.651 bits per heavy atom. The molecule has 0 aliphatic carbocycles. The molecule has 0 unspecified atom stereocenters. The van der Waals surface area contributed by atoms with Gasteiger partial charge in [0.15, 0.2) is 0 Å². The van der Waals surface area contributed by atoms with E-state index in [1.165, 1.54) is 0 Å². The largest absolute Gasteiger partial charge is 0.383 e. The van der Waals surface area contributed by atoms with E-state index in [9.17, 15) is 9.59 Å². The molecule has 3 heterocycles. The lowest BCUT2D eigenvalue weighted by Crippen LogP contribution is -2.22. The molecule has 0 saturated carbocycles. The Morgan fingerprint density at radius 3 is 1.70 bits per heavy atom. The van der Waals surface area contributed by atoms with Gasteiger partial charge in [-0.1, -0.05) is 59.4 Å². The number of H-pyrrole nitrogens is 2. The average molecular weight is 1170 g/mol. The number of rotatable bonds is 0. The van der Waals surface area contributed by atoms with Crippen LogP contribution in [-0.4, -0.2) is 29.9 Å². The minimum Gasteiger partial charge on any atom is -0.383 e. The van der Waals surface area contributed by atoms with Gasteiger partial charge in [-0.25, -0.2) is 24.7 Å². The first-order chi connectivity index (χ1) is 19.7. The molecule has 0 spiro atoms. The Balaban J connectivity index is 0.000000175. The molecule has 224 valence electrons. The third kappa shape index (κ3) is 9.31. The zero-order chi connectivity index (χ0) is 30.9. The molecule has 3 aromatic carbocycles. The van der Waals surface area contributed by atoms with Crippen LogP contribution in [0.4, 0.5) is 5.82 Å². The van der Waals surface area contributed by atoms with Crippen molar-refractivity contribution in [2.75, 3.05) is 5.73 Å². The number of nitrogen functional groups attached to an aromatic ring is 1. The molecular weight excluding hydrogens is 1160 g/mol. The molecule has 6 aromatic rings. The Kier molecular flexibility index (Phi) is 13.7. The smallest absolute Gasteiger partial charge is 0.326 e. The number of fused-ring (bicyclic) bond motifs is 3. The van der Waals surface area contributed by atoms with Crippen LogP contribution < -0.4 is 23.1 Å². The Bertz CT molecular complexity index is 1950. The first kappa shape index (κ1) is 37.0. The van der Waals surface area contributed by atoms with E-state index in [4.69, 9.17) is 40.5 Å². The van der Waals surface area contributed by atoms with Crippen LogP contribution in [0.1, 0.15) is 0 Å². The van der Waals surface area contributed by atoms with Gasteiger partial charge in [-0.15, -0.1) is 0 Å². The fourth-order valence-electron chi connectivity index (χ4n) is 3.44. The SMILES string of the molecule is Clc1nc(Cl)c2cc(Br)cc(I)c2n1.N.Nc1nc(Cl)nc2c(I)cc(Br)cc12.O=c1[nH]c(=O)c2cc(Br)cc(I)c2[nH]1. The summed E-state index contributed by atoms with van der Waals surface area (Å²) in [4.78, 5) is 43.2. The zero-order valence-electron chi connectivity index (χ0n) is 20.8. The summed E-state index contributed by atoms with van der Waals surface area (Å²) in [6.45, 7) is 0. The molecule has 0 aliphatic rings. The van der Waals surface area contributed by atoms with Crippen molar-refractivity contribution in [2.45, 2.75) is 0 Å². The molecular formula is C24H13Br3Cl3I3N8O2. The van der Waals surface area contributed by atoms with E-state index in [0.29, 0.717) is 21.9 Å². The number of nitrogens with one attached hydrogen (secondary N) is 2. The monoisotopic (exact) mass is 1170 g/mol. The molecule has 0 aliphatic heterocycles. The summed E-state index contributed by atoms with van der Waals surface area (Å²) in [6.07, 6.45) is 0. The highest BCUT2D eigenvalue weighted by Gasteiger charge is 2.10. The third-order valence-electron chi connectivity index (χ3n) is 5.13. The molecule has 0 saturated heterocycles. The Labute approximate surface area is 323 Å². The summed E-state index contributed by atoms with van der Waals surface area (Å²) in [7, 11) is 0. The zero-order valence-corrected chi connectivity index (χ0v) is 34.3. The molecule has 0 atom stereocenters. The molecule has 7 N–H and O–H groups in total. The van der Waals surface area contributed by atoms with Crippen LogP contribution in [0.15, 0.2) is 59.4 Å². The molecule has 0 amide bonds. The summed E-state index contributed by atoms with van der Waals surface area (Å²) in [5, 5.41) is 2.81. The molecule has 43 heavy (non-hydrogen) atoms. The topological polar surface area (TPSA) is 178 Å². The van der Waals surface area contributed by atoms with Gasteiger partial charge in [-0.05, 0) is 127 Å². The van der Waals surface area contributed by atoms with Gasteiger partial charge < -0.3 is 16.9 Å². The Morgan fingerprint density at radius 2 is 1.12 bits per heavy atom. The van der Waals surface area contributed by atoms with Crippen LogP contribution in [0.5, 0.6) is 0 Å². The van der Waals surface area contributed by atoms with E-state index in [1.54, 1.807) is 6.07 Å². The first-order valence-electron chi connectivity index (χ1n) is 10.9. The average Bonchev–Trinajstić information content (AvgIpc) is 2.87. The predicted molar refractivity (Wildman–Crippen MR) is 210 cm³/mol. The quantitative estimate of drug-likeness (QED) is 0.0661. The maximum atomic E-state index is 11.4. The molecule has 0 radical (unpaired) electrons. The van der Waals surface area contributed by atoms with Gasteiger partial charge in [0.1, 0.15) is 11.0 Å². The number of hydrogen-bond donors (Lipinski definition) is 4. The summed E-state index contributed by atoms with van der Waals surface area (Å²) >= 11 is 33.9. The van der Waals surface area contributed by atoms with E-state index in [-0.39, 0.29) is 22.3 Å².